The summed E-state index contributed by atoms with van der Waals surface area (Å²) in [5.41, 5.74) is 0.342. The highest BCUT2D eigenvalue weighted by Gasteiger charge is 2.16. The zero-order chi connectivity index (χ0) is 13.3. The monoisotopic (exact) mass is 308 g/mol. The van der Waals surface area contributed by atoms with Crippen LogP contribution in [-0.4, -0.2) is 28.8 Å². The first kappa shape index (κ1) is 13.5. The molecule has 1 aromatic heterocycles. The number of rotatable bonds is 4. The van der Waals surface area contributed by atoms with Crippen molar-refractivity contribution < 1.29 is 22.5 Å². The minimum absolute atomic E-state index is 0.248. The number of hydrogen-bond acceptors (Lipinski definition) is 8. The van der Waals surface area contributed by atoms with Gasteiger partial charge in [0.2, 0.25) is 0 Å². The van der Waals surface area contributed by atoms with Crippen molar-refractivity contribution in [2.24, 2.45) is 0 Å². The van der Waals surface area contributed by atoms with Crippen LogP contribution < -0.4 is 5.23 Å². The Morgan fingerprint density at radius 2 is 2.22 bits per heavy atom. The van der Waals surface area contributed by atoms with Crippen LogP contribution in [-0.2, 0) is 14.4 Å². The van der Waals surface area contributed by atoms with Gasteiger partial charge < -0.3 is 0 Å². The van der Waals surface area contributed by atoms with E-state index in [2.05, 4.69) is 4.37 Å². The fraction of sp³-hybridized carbons (Fsp3) is 0.125. The quantitative estimate of drug-likeness (QED) is 0.502. The zero-order valence-electron chi connectivity index (χ0n) is 8.97. The van der Waals surface area contributed by atoms with Gasteiger partial charge in [0, 0.05) is 23.7 Å². The Morgan fingerprint density at radius 3 is 2.83 bits per heavy atom. The van der Waals surface area contributed by atoms with Gasteiger partial charge in [-0.15, -0.1) is 5.23 Å². The Labute approximate surface area is 111 Å². The Balaban J connectivity index is 2.50. The van der Waals surface area contributed by atoms with Gasteiger partial charge in [-0.3, -0.25) is 9.76 Å². The minimum Gasteiger partial charge on any atom is -0.282 e. The molecule has 0 fully saturated rings. The van der Waals surface area contributed by atoms with Gasteiger partial charge >= 0.3 is 0 Å². The summed E-state index contributed by atoms with van der Waals surface area (Å²) < 4.78 is 39.6. The lowest BCUT2D eigenvalue weighted by Gasteiger charge is -2.10. The maximum atomic E-state index is 11.0. The summed E-state index contributed by atoms with van der Waals surface area (Å²) in [7, 11) is -4.26. The third-order valence-electron chi connectivity index (χ3n) is 2.05. The molecule has 18 heavy (non-hydrogen) atoms. The molecule has 2 N–H and O–H groups in total. The van der Waals surface area contributed by atoms with Gasteiger partial charge in [0.25, 0.3) is 10.1 Å². The van der Waals surface area contributed by atoms with Crippen LogP contribution in [0.15, 0.2) is 23.1 Å². The Bertz CT molecular complexity index is 668. The molecule has 0 amide bonds. The maximum absolute atomic E-state index is 11.0. The van der Waals surface area contributed by atoms with Crippen LogP contribution in [0, 0.1) is 0 Å². The molecular weight excluding hydrogens is 300 g/mol. The van der Waals surface area contributed by atoms with E-state index >= 15 is 0 Å². The third-order valence-corrected chi connectivity index (χ3v) is 4.02. The van der Waals surface area contributed by atoms with Crippen molar-refractivity contribution in [1.29, 1.82) is 0 Å². The second-order valence-corrected chi connectivity index (χ2v) is 5.81. The molecule has 0 atom stereocenters. The molecule has 2 aromatic rings. The summed E-state index contributed by atoms with van der Waals surface area (Å²) >= 11 is 1.88. The maximum Gasteiger partial charge on any atom is 0.294 e. The zero-order valence-corrected chi connectivity index (χ0v) is 11.4. The second kappa shape index (κ2) is 4.99. The molecule has 0 saturated heterocycles. The lowest BCUT2D eigenvalue weighted by molar-refractivity contribution is 0.0737. The van der Waals surface area contributed by atoms with Crippen molar-refractivity contribution >= 4 is 49.6 Å². The van der Waals surface area contributed by atoms with Crippen LogP contribution in [0.3, 0.4) is 0 Å². The Hall–Kier alpha value is -0.910. The van der Waals surface area contributed by atoms with Gasteiger partial charge in [-0.2, -0.15) is 17.1 Å². The van der Waals surface area contributed by atoms with Crippen molar-refractivity contribution in [3.05, 3.63) is 18.2 Å². The topological polar surface area (TPSA) is 100.0 Å². The van der Waals surface area contributed by atoms with E-state index in [-0.39, 0.29) is 4.90 Å². The van der Waals surface area contributed by atoms with Crippen molar-refractivity contribution in [1.82, 2.24) is 4.37 Å². The molecule has 10 heteroatoms. The largest absolute Gasteiger partial charge is 0.294 e. The lowest BCUT2D eigenvalue weighted by atomic mass is 10.2. The van der Waals surface area contributed by atoms with Gasteiger partial charge in [0.1, 0.15) is 0 Å². The fourth-order valence-electron chi connectivity index (χ4n) is 1.31. The second-order valence-electron chi connectivity index (χ2n) is 3.16. The van der Waals surface area contributed by atoms with E-state index in [1.165, 1.54) is 18.2 Å². The molecular formula is C8H8N2O5S3. The predicted octanol–water partition coefficient (Wildman–Crippen LogP) is 1.95. The summed E-state index contributed by atoms with van der Waals surface area (Å²) in [6.07, 6.45) is 1.63. The van der Waals surface area contributed by atoms with E-state index in [0.717, 1.165) is 23.6 Å². The SMILES string of the molecule is CSON(O)c1snc2cc(S(=O)(=O)O)ccc12. The molecule has 0 aliphatic heterocycles. The number of anilines is 1. The standard InChI is InChI=1S/C8H8N2O5S3/c1-16-15-10(11)8-6-3-2-5(18(12,13)14)4-7(6)9-17-8/h2-4,11H,1H3,(H,12,13,14). The minimum atomic E-state index is -4.26. The summed E-state index contributed by atoms with van der Waals surface area (Å²) in [4.78, 5) is -0.248. The molecule has 2 rings (SSSR count). The van der Waals surface area contributed by atoms with Crippen molar-refractivity contribution in [2.75, 3.05) is 11.5 Å². The molecule has 0 saturated carbocycles. The van der Waals surface area contributed by atoms with E-state index in [1.54, 1.807) is 6.26 Å². The van der Waals surface area contributed by atoms with Crippen LogP contribution in [0.2, 0.25) is 0 Å². The number of hydrogen-bond donors (Lipinski definition) is 2. The average molecular weight is 308 g/mol. The molecule has 0 unspecified atom stereocenters. The first-order valence-corrected chi connectivity index (χ1v) is 7.86. The summed E-state index contributed by atoms with van der Waals surface area (Å²) in [5, 5.41) is 10.9. The van der Waals surface area contributed by atoms with E-state index in [1.807, 2.05) is 0 Å². The van der Waals surface area contributed by atoms with Crippen LogP contribution in [0.5, 0.6) is 0 Å². The number of benzene rings is 1. The predicted molar refractivity (Wildman–Crippen MR) is 68.3 cm³/mol. The van der Waals surface area contributed by atoms with E-state index < -0.39 is 10.1 Å². The molecule has 0 radical (unpaired) electrons. The molecule has 7 nitrogen and oxygen atoms in total. The van der Waals surface area contributed by atoms with Crippen LogP contribution in [0.1, 0.15) is 0 Å². The van der Waals surface area contributed by atoms with Crippen LogP contribution in [0.25, 0.3) is 10.9 Å². The highest BCUT2D eigenvalue weighted by molar-refractivity contribution is 7.93. The van der Waals surface area contributed by atoms with Gasteiger partial charge in [-0.25, -0.2) is 0 Å². The Morgan fingerprint density at radius 1 is 1.50 bits per heavy atom. The summed E-state index contributed by atoms with van der Waals surface area (Å²) in [6.45, 7) is 0. The van der Waals surface area contributed by atoms with E-state index in [9.17, 15) is 13.6 Å². The highest BCUT2D eigenvalue weighted by atomic mass is 32.2. The molecule has 0 aliphatic rings. The summed E-state index contributed by atoms with van der Waals surface area (Å²) in [6, 6.07) is 3.88. The average Bonchev–Trinajstić information content (AvgIpc) is 2.70. The highest BCUT2D eigenvalue weighted by Crippen LogP contribution is 2.32. The fourth-order valence-corrected chi connectivity index (χ4v) is 2.79. The molecule has 1 aromatic carbocycles. The van der Waals surface area contributed by atoms with Gasteiger partial charge in [-0.1, -0.05) is 0 Å². The molecule has 98 valence electrons. The lowest BCUT2D eigenvalue weighted by Crippen LogP contribution is -2.12. The first-order chi connectivity index (χ1) is 8.43. The molecule has 0 aliphatic carbocycles. The summed E-state index contributed by atoms with van der Waals surface area (Å²) in [5.74, 6) is 0. The van der Waals surface area contributed by atoms with Gasteiger partial charge in [0.05, 0.1) is 10.4 Å². The van der Waals surface area contributed by atoms with Gasteiger partial charge in [-0.05, 0) is 29.7 Å². The first-order valence-electron chi connectivity index (χ1n) is 4.50. The smallest absolute Gasteiger partial charge is 0.282 e. The molecule has 0 bridgehead atoms. The van der Waals surface area contributed by atoms with Crippen molar-refractivity contribution in [3.63, 3.8) is 0 Å². The number of aromatic nitrogens is 1. The van der Waals surface area contributed by atoms with Crippen molar-refractivity contribution in [2.45, 2.75) is 4.90 Å². The molecule has 0 spiro atoms. The van der Waals surface area contributed by atoms with E-state index in [4.69, 9.17) is 8.84 Å². The number of nitrogens with zero attached hydrogens (tertiary/aromatic N) is 2. The number of fused-ring (bicyclic) bond motifs is 1. The van der Waals surface area contributed by atoms with E-state index in [0.29, 0.717) is 21.1 Å². The molecule has 1 heterocycles. The third kappa shape index (κ3) is 2.58. The Kier molecular flexibility index (Phi) is 3.75. The van der Waals surface area contributed by atoms with Crippen LogP contribution in [0.4, 0.5) is 5.00 Å². The normalized spacial score (nSPS) is 11.9. The van der Waals surface area contributed by atoms with Gasteiger partial charge in [0.15, 0.2) is 5.00 Å². The van der Waals surface area contributed by atoms with Crippen LogP contribution >= 0.6 is 23.6 Å². The van der Waals surface area contributed by atoms with Crippen molar-refractivity contribution in [3.8, 4) is 0 Å².